The number of benzene rings is 3. The van der Waals surface area contributed by atoms with Gasteiger partial charge in [-0.2, -0.15) is 0 Å². The standard InChI is InChI=1S/C23H24N2O2/c1-15(2)23(27)25-13-7-12-21(24)22-18-10-5-3-8-16(18)20(14-26)17-9-4-6-11-19(17)22/h3-6,8-11,14,21H,1,7,12-13,24H2,2H3,(H,25,27). The van der Waals surface area contributed by atoms with E-state index in [9.17, 15) is 9.59 Å². The lowest BCUT2D eigenvalue weighted by atomic mass is 9.88. The predicted molar refractivity (Wildman–Crippen MR) is 111 cm³/mol. The summed E-state index contributed by atoms with van der Waals surface area (Å²) < 4.78 is 0. The molecule has 138 valence electrons. The van der Waals surface area contributed by atoms with Gasteiger partial charge >= 0.3 is 0 Å². The minimum Gasteiger partial charge on any atom is -0.352 e. The molecular weight excluding hydrogens is 336 g/mol. The van der Waals surface area contributed by atoms with Crippen LogP contribution in [-0.4, -0.2) is 18.7 Å². The van der Waals surface area contributed by atoms with Crippen molar-refractivity contribution in [3.05, 3.63) is 71.8 Å². The summed E-state index contributed by atoms with van der Waals surface area (Å²) in [5.74, 6) is -0.130. The SMILES string of the molecule is C=C(C)C(=O)NCCCC(N)c1c2ccccc2c(C=O)c2ccccc12. The van der Waals surface area contributed by atoms with E-state index >= 15 is 0 Å². The fourth-order valence-electron chi connectivity index (χ4n) is 3.54. The number of aldehydes is 1. The van der Waals surface area contributed by atoms with Crippen molar-refractivity contribution in [3.8, 4) is 0 Å². The van der Waals surface area contributed by atoms with E-state index in [0.29, 0.717) is 17.7 Å². The molecule has 1 amide bonds. The molecule has 0 aromatic heterocycles. The smallest absolute Gasteiger partial charge is 0.246 e. The van der Waals surface area contributed by atoms with Crippen LogP contribution in [0, 0.1) is 0 Å². The quantitative estimate of drug-likeness (QED) is 0.286. The molecular formula is C23H24N2O2. The third-order valence-corrected chi connectivity index (χ3v) is 4.87. The van der Waals surface area contributed by atoms with Crippen LogP contribution in [0.3, 0.4) is 0 Å². The number of hydrogen-bond acceptors (Lipinski definition) is 3. The molecule has 0 fully saturated rings. The summed E-state index contributed by atoms with van der Waals surface area (Å²) in [5, 5.41) is 6.71. The number of amides is 1. The first kappa shape index (κ1) is 18.8. The highest BCUT2D eigenvalue weighted by atomic mass is 16.1. The second-order valence-corrected chi connectivity index (χ2v) is 6.82. The van der Waals surface area contributed by atoms with Crippen LogP contribution in [0.5, 0.6) is 0 Å². The minimum atomic E-state index is -0.192. The van der Waals surface area contributed by atoms with Crippen molar-refractivity contribution in [3.63, 3.8) is 0 Å². The van der Waals surface area contributed by atoms with Crippen LogP contribution in [0.4, 0.5) is 0 Å². The minimum absolute atomic E-state index is 0.130. The summed E-state index contributed by atoms with van der Waals surface area (Å²) in [6.07, 6.45) is 2.41. The molecule has 0 aliphatic heterocycles. The van der Waals surface area contributed by atoms with Crippen molar-refractivity contribution in [1.29, 1.82) is 0 Å². The van der Waals surface area contributed by atoms with Gasteiger partial charge in [0.15, 0.2) is 6.29 Å². The van der Waals surface area contributed by atoms with Crippen LogP contribution in [-0.2, 0) is 4.79 Å². The molecule has 0 spiro atoms. The Hall–Kier alpha value is -2.98. The van der Waals surface area contributed by atoms with Crippen LogP contribution in [0.15, 0.2) is 60.7 Å². The summed E-state index contributed by atoms with van der Waals surface area (Å²) in [6.45, 7) is 5.88. The van der Waals surface area contributed by atoms with Gasteiger partial charge in [0.2, 0.25) is 5.91 Å². The highest BCUT2D eigenvalue weighted by Crippen LogP contribution is 2.36. The van der Waals surface area contributed by atoms with Gasteiger partial charge in [0.05, 0.1) is 0 Å². The van der Waals surface area contributed by atoms with Gasteiger partial charge in [-0.1, -0.05) is 55.1 Å². The van der Waals surface area contributed by atoms with Crippen molar-refractivity contribution in [2.45, 2.75) is 25.8 Å². The summed E-state index contributed by atoms with van der Waals surface area (Å²) >= 11 is 0. The van der Waals surface area contributed by atoms with Crippen molar-refractivity contribution in [2.75, 3.05) is 6.54 Å². The molecule has 0 heterocycles. The Kier molecular flexibility index (Phi) is 5.67. The van der Waals surface area contributed by atoms with Crippen LogP contribution in [0.1, 0.15) is 41.7 Å². The van der Waals surface area contributed by atoms with E-state index in [1.165, 1.54) is 0 Å². The second-order valence-electron chi connectivity index (χ2n) is 6.82. The van der Waals surface area contributed by atoms with E-state index in [1.807, 2.05) is 48.5 Å². The first-order valence-corrected chi connectivity index (χ1v) is 9.12. The largest absolute Gasteiger partial charge is 0.352 e. The van der Waals surface area contributed by atoms with Gasteiger partial charge in [-0.15, -0.1) is 0 Å². The fourth-order valence-corrected chi connectivity index (χ4v) is 3.54. The molecule has 4 nitrogen and oxygen atoms in total. The van der Waals surface area contributed by atoms with Crippen LogP contribution >= 0.6 is 0 Å². The number of carbonyl (C=O) groups is 2. The molecule has 1 atom stereocenters. The van der Waals surface area contributed by atoms with Gasteiger partial charge in [-0.05, 0) is 46.9 Å². The summed E-state index contributed by atoms with van der Waals surface area (Å²) in [6, 6.07) is 15.6. The van der Waals surface area contributed by atoms with Gasteiger partial charge in [-0.3, -0.25) is 9.59 Å². The Balaban J connectivity index is 1.96. The van der Waals surface area contributed by atoms with Gasteiger partial charge in [-0.25, -0.2) is 0 Å². The molecule has 3 rings (SSSR count). The zero-order chi connectivity index (χ0) is 19.4. The first-order chi connectivity index (χ1) is 13.0. The van der Waals surface area contributed by atoms with E-state index in [-0.39, 0.29) is 11.9 Å². The van der Waals surface area contributed by atoms with E-state index in [4.69, 9.17) is 5.73 Å². The van der Waals surface area contributed by atoms with Crippen LogP contribution in [0.2, 0.25) is 0 Å². The maximum atomic E-state index is 11.8. The second kappa shape index (κ2) is 8.14. The van der Waals surface area contributed by atoms with Crippen molar-refractivity contribution in [1.82, 2.24) is 5.32 Å². The van der Waals surface area contributed by atoms with Crippen molar-refractivity contribution < 1.29 is 9.59 Å². The molecule has 0 saturated carbocycles. The Labute approximate surface area is 159 Å². The van der Waals surface area contributed by atoms with Crippen LogP contribution < -0.4 is 11.1 Å². The highest BCUT2D eigenvalue weighted by molar-refractivity contribution is 6.14. The lowest BCUT2D eigenvalue weighted by Gasteiger charge is -2.19. The van der Waals surface area contributed by atoms with Gasteiger partial charge in [0.1, 0.15) is 0 Å². The molecule has 3 aromatic rings. The molecule has 0 aliphatic carbocycles. The Bertz CT molecular complexity index is 966. The van der Waals surface area contributed by atoms with Gasteiger partial charge in [0.25, 0.3) is 0 Å². The predicted octanol–water partition coefficient (Wildman–Crippen LogP) is 4.28. The van der Waals surface area contributed by atoms with E-state index in [1.54, 1.807) is 6.92 Å². The molecule has 3 N–H and O–H groups in total. The monoisotopic (exact) mass is 360 g/mol. The van der Waals surface area contributed by atoms with E-state index in [0.717, 1.165) is 46.2 Å². The number of fused-ring (bicyclic) bond motifs is 2. The zero-order valence-corrected chi connectivity index (χ0v) is 15.5. The zero-order valence-electron chi connectivity index (χ0n) is 15.5. The molecule has 0 saturated heterocycles. The summed E-state index contributed by atoms with van der Waals surface area (Å²) in [7, 11) is 0. The molecule has 3 aromatic carbocycles. The Morgan fingerprint density at radius 3 is 2.07 bits per heavy atom. The van der Waals surface area contributed by atoms with Crippen molar-refractivity contribution >= 4 is 33.7 Å². The number of rotatable bonds is 7. The Morgan fingerprint density at radius 2 is 1.59 bits per heavy atom. The topological polar surface area (TPSA) is 72.2 Å². The number of carbonyl (C=O) groups excluding carboxylic acids is 2. The van der Waals surface area contributed by atoms with Gasteiger partial charge in [0, 0.05) is 23.7 Å². The first-order valence-electron chi connectivity index (χ1n) is 9.12. The van der Waals surface area contributed by atoms with Gasteiger partial charge < -0.3 is 11.1 Å². The molecule has 0 aliphatic rings. The Morgan fingerprint density at radius 1 is 1.07 bits per heavy atom. The molecule has 1 unspecified atom stereocenters. The molecule has 0 radical (unpaired) electrons. The maximum Gasteiger partial charge on any atom is 0.246 e. The third kappa shape index (κ3) is 3.76. The van der Waals surface area contributed by atoms with Crippen molar-refractivity contribution in [2.24, 2.45) is 5.73 Å². The third-order valence-electron chi connectivity index (χ3n) is 4.87. The average Bonchev–Trinajstić information content (AvgIpc) is 2.68. The average molecular weight is 360 g/mol. The number of nitrogens with one attached hydrogen (secondary N) is 1. The molecule has 4 heteroatoms. The number of hydrogen-bond donors (Lipinski definition) is 2. The van der Waals surface area contributed by atoms with E-state index < -0.39 is 0 Å². The van der Waals surface area contributed by atoms with Crippen LogP contribution in [0.25, 0.3) is 21.5 Å². The summed E-state index contributed by atoms with van der Waals surface area (Å²) in [5.41, 5.74) is 8.83. The van der Waals surface area contributed by atoms with E-state index in [2.05, 4.69) is 11.9 Å². The lowest BCUT2D eigenvalue weighted by Crippen LogP contribution is -2.25. The number of nitrogens with two attached hydrogens (primary N) is 1. The normalized spacial score (nSPS) is 12.1. The summed E-state index contributed by atoms with van der Waals surface area (Å²) in [4.78, 5) is 23.4. The fraction of sp³-hybridized carbons (Fsp3) is 0.217. The highest BCUT2D eigenvalue weighted by Gasteiger charge is 2.17. The molecule has 0 bridgehead atoms. The maximum absolute atomic E-state index is 11.8. The lowest BCUT2D eigenvalue weighted by molar-refractivity contribution is -0.117. The molecule has 27 heavy (non-hydrogen) atoms.